The molecule has 2 saturated heterocycles. The molecule has 3 rings (SSSR count). The number of hydrogen-bond donors (Lipinski definition) is 2. The van der Waals surface area contributed by atoms with Gasteiger partial charge >= 0.3 is 0 Å². The van der Waals surface area contributed by atoms with Crippen LogP contribution in [0.5, 0.6) is 5.75 Å². The standard InChI is InChI=1S/C23H39N5O3.HI/c1-23(2,28-11-15-30-16-12-28)19-26-22(24-3)25-18-20-6-4-5-7-21(20)31-17-10-27-8-13-29-14-9-27;/h4-7H,8-19H2,1-3H3,(H2,24,25,26);1H. The van der Waals surface area contributed by atoms with Crippen LogP contribution in [-0.2, 0) is 16.0 Å². The van der Waals surface area contributed by atoms with Crippen molar-refractivity contribution in [3.05, 3.63) is 29.8 Å². The Morgan fingerprint density at radius 1 is 1.03 bits per heavy atom. The fourth-order valence-corrected chi connectivity index (χ4v) is 3.88. The summed E-state index contributed by atoms with van der Waals surface area (Å²) < 4.78 is 17.0. The van der Waals surface area contributed by atoms with Crippen molar-refractivity contribution >= 4 is 29.9 Å². The number of morpholine rings is 2. The quantitative estimate of drug-likeness (QED) is 0.271. The molecule has 9 heteroatoms. The molecule has 0 atom stereocenters. The Balaban J connectivity index is 0.00000363. The number of halogens is 1. The van der Waals surface area contributed by atoms with Crippen LogP contribution < -0.4 is 15.4 Å². The van der Waals surface area contributed by atoms with E-state index < -0.39 is 0 Å². The molecule has 1 aromatic rings. The first-order valence-electron chi connectivity index (χ1n) is 11.4. The normalized spacial score (nSPS) is 18.7. The Morgan fingerprint density at radius 2 is 1.69 bits per heavy atom. The van der Waals surface area contributed by atoms with E-state index in [0.717, 1.165) is 83.0 Å². The van der Waals surface area contributed by atoms with Gasteiger partial charge in [0, 0.05) is 64.0 Å². The van der Waals surface area contributed by atoms with Crippen molar-refractivity contribution in [2.45, 2.75) is 25.9 Å². The molecule has 1 aromatic carbocycles. The molecule has 0 aliphatic carbocycles. The zero-order valence-corrected chi connectivity index (χ0v) is 22.1. The number of para-hydroxylation sites is 1. The van der Waals surface area contributed by atoms with Crippen molar-refractivity contribution in [2.24, 2.45) is 4.99 Å². The fourth-order valence-electron chi connectivity index (χ4n) is 3.88. The Kier molecular flexibility index (Phi) is 12.0. The number of guanidine groups is 1. The minimum Gasteiger partial charge on any atom is -0.492 e. The molecule has 8 nitrogen and oxygen atoms in total. The molecule has 0 bridgehead atoms. The van der Waals surface area contributed by atoms with Crippen LogP contribution in [0.3, 0.4) is 0 Å². The highest BCUT2D eigenvalue weighted by Crippen LogP contribution is 2.18. The zero-order valence-electron chi connectivity index (χ0n) is 19.8. The molecular weight excluding hydrogens is 521 g/mol. The first kappa shape index (κ1) is 27.1. The van der Waals surface area contributed by atoms with Crippen molar-refractivity contribution < 1.29 is 14.2 Å². The van der Waals surface area contributed by atoms with Crippen molar-refractivity contribution in [1.82, 2.24) is 20.4 Å². The second kappa shape index (κ2) is 14.2. The Morgan fingerprint density at radius 3 is 2.38 bits per heavy atom. The third kappa shape index (κ3) is 8.66. The first-order valence-corrected chi connectivity index (χ1v) is 11.4. The van der Waals surface area contributed by atoms with Crippen LogP contribution in [0.2, 0.25) is 0 Å². The third-order valence-electron chi connectivity index (χ3n) is 5.97. The Bertz CT molecular complexity index is 692. The van der Waals surface area contributed by atoms with E-state index >= 15 is 0 Å². The maximum Gasteiger partial charge on any atom is 0.191 e. The molecular formula is C23H40IN5O3. The van der Waals surface area contributed by atoms with Gasteiger partial charge in [0.05, 0.1) is 26.4 Å². The van der Waals surface area contributed by atoms with Crippen molar-refractivity contribution in [2.75, 3.05) is 79.4 Å². The summed E-state index contributed by atoms with van der Waals surface area (Å²) in [5, 5.41) is 6.91. The van der Waals surface area contributed by atoms with Crippen LogP contribution in [-0.4, -0.2) is 101 Å². The molecule has 0 saturated carbocycles. The molecule has 2 heterocycles. The monoisotopic (exact) mass is 561 g/mol. The maximum absolute atomic E-state index is 6.10. The highest BCUT2D eigenvalue weighted by atomic mass is 127. The number of ether oxygens (including phenoxy) is 3. The molecule has 0 spiro atoms. The second-order valence-corrected chi connectivity index (χ2v) is 8.60. The van der Waals surface area contributed by atoms with E-state index in [1.165, 1.54) is 0 Å². The molecule has 182 valence electrons. The van der Waals surface area contributed by atoms with Crippen LogP contribution in [0.1, 0.15) is 19.4 Å². The Hall–Kier alpha value is -1.14. The topological polar surface area (TPSA) is 70.6 Å². The van der Waals surface area contributed by atoms with E-state index in [-0.39, 0.29) is 29.5 Å². The fraction of sp³-hybridized carbons (Fsp3) is 0.696. The van der Waals surface area contributed by atoms with Crippen LogP contribution >= 0.6 is 24.0 Å². The van der Waals surface area contributed by atoms with Crippen molar-refractivity contribution in [1.29, 1.82) is 0 Å². The molecule has 2 fully saturated rings. The molecule has 0 amide bonds. The lowest BCUT2D eigenvalue weighted by Gasteiger charge is -2.41. The smallest absolute Gasteiger partial charge is 0.191 e. The highest BCUT2D eigenvalue weighted by molar-refractivity contribution is 14.0. The van der Waals surface area contributed by atoms with Crippen LogP contribution in [0.25, 0.3) is 0 Å². The van der Waals surface area contributed by atoms with Crippen LogP contribution in [0, 0.1) is 0 Å². The van der Waals surface area contributed by atoms with Crippen LogP contribution in [0.4, 0.5) is 0 Å². The predicted molar refractivity (Wildman–Crippen MR) is 139 cm³/mol. The van der Waals surface area contributed by atoms with E-state index in [0.29, 0.717) is 13.2 Å². The van der Waals surface area contributed by atoms with Gasteiger partial charge in [-0.2, -0.15) is 0 Å². The van der Waals surface area contributed by atoms with Crippen molar-refractivity contribution in [3.63, 3.8) is 0 Å². The summed E-state index contributed by atoms with van der Waals surface area (Å²) in [7, 11) is 1.81. The van der Waals surface area contributed by atoms with E-state index in [2.05, 4.69) is 45.3 Å². The molecule has 0 radical (unpaired) electrons. The van der Waals surface area contributed by atoms with Gasteiger partial charge < -0.3 is 24.8 Å². The number of hydrogen-bond acceptors (Lipinski definition) is 6. The summed E-state index contributed by atoms with van der Waals surface area (Å²) in [6.45, 7) is 14.7. The average molecular weight is 562 g/mol. The van der Waals surface area contributed by atoms with Gasteiger partial charge in [-0.3, -0.25) is 14.8 Å². The van der Waals surface area contributed by atoms with Crippen molar-refractivity contribution in [3.8, 4) is 5.75 Å². The Labute approximate surface area is 210 Å². The molecule has 0 aromatic heterocycles. The van der Waals surface area contributed by atoms with Gasteiger partial charge in [0.15, 0.2) is 5.96 Å². The minimum absolute atomic E-state index is 0. The zero-order chi connectivity index (χ0) is 21.9. The molecule has 0 unspecified atom stereocenters. The molecule has 2 aliphatic heterocycles. The lowest BCUT2D eigenvalue weighted by molar-refractivity contribution is -0.00834. The number of benzene rings is 1. The number of nitrogens with one attached hydrogen (secondary N) is 2. The van der Waals surface area contributed by atoms with Gasteiger partial charge in [0.2, 0.25) is 0 Å². The summed E-state index contributed by atoms with van der Waals surface area (Å²) in [6, 6.07) is 8.20. The van der Waals surface area contributed by atoms with Gasteiger partial charge in [0.1, 0.15) is 12.4 Å². The SMILES string of the molecule is CN=C(NCc1ccccc1OCCN1CCOCC1)NCC(C)(C)N1CCOCC1.I. The summed E-state index contributed by atoms with van der Waals surface area (Å²) >= 11 is 0. The maximum atomic E-state index is 6.10. The molecule has 2 aliphatic rings. The third-order valence-corrected chi connectivity index (χ3v) is 5.97. The number of aliphatic imine (C=N–C) groups is 1. The summed E-state index contributed by atoms with van der Waals surface area (Å²) in [4.78, 5) is 9.24. The summed E-state index contributed by atoms with van der Waals surface area (Å²) in [6.07, 6.45) is 0. The van der Waals surface area contributed by atoms with E-state index in [9.17, 15) is 0 Å². The number of rotatable bonds is 9. The second-order valence-electron chi connectivity index (χ2n) is 8.60. The average Bonchev–Trinajstić information content (AvgIpc) is 2.81. The largest absolute Gasteiger partial charge is 0.492 e. The summed E-state index contributed by atoms with van der Waals surface area (Å²) in [5.74, 6) is 1.72. The molecule has 2 N–H and O–H groups in total. The number of nitrogens with zero attached hydrogens (tertiary/aromatic N) is 3. The highest BCUT2D eigenvalue weighted by Gasteiger charge is 2.28. The van der Waals surface area contributed by atoms with Crippen LogP contribution in [0.15, 0.2) is 29.3 Å². The van der Waals surface area contributed by atoms with E-state index in [1.807, 2.05) is 25.2 Å². The van der Waals surface area contributed by atoms with Gasteiger partial charge in [-0.25, -0.2) is 0 Å². The van der Waals surface area contributed by atoms with E-state index in [4.69, 9.17) is 14.2 Å². The predicted octanol–water partition coefficient (Wildman–Crippen LogP) is 1.79. The molecule has 32 heavy (non-hydrogen) atoms. The lowest BCUT2D eigenvalue weighted by Crippen LogP contribution is -2.56. The summed E-state index contributed by atoms with van der Waals surface area (Å²) in [5.41, 5.74) is 1.15. The van der Waals surface area contributed by atoms with Gasteiger partial charge in [0.25, 0.3) is 0 Å². The van der Waals surface area contributed by atoms with Gasteiger partial charge in [-0.15, -0.1) is 24.0 Å². The lowest BCUT2D eigenvalue weighted by atomic mass is 10.0. The van der Waals surface area contributed by atoms with Gasteiger partial charge in [-0.05, 0) is 19.9 Å². The minimum atomic E-state index is 0. The van der Waals surface area contributed by atoms with E-state index in [1.54, 1.807) is 0 Å². The van der Waals surface area contributed by atoms with Gasteiger partial charge in [-0.1, -0.05) is 18.2 Å². The first-order chi connectivity index (χ1) is 15.1.